The van der Waals surface area contributed by atoms with Gasteiger partial charge in [-0.2, -0.15) is 0 Å². The third-order valence-electron chi connectivity index (χ3n) is 4.65. The highest BCUT2D eigenvalue weighted by Gasteiger charge is 2.14. The summed E-state index contributed by atoms with van der Waals surface area (Å²) in [5, 5.41) is 3.24. The Kier molecular flexibility index (Phi) is 7.58. The number of carbonyl (C=O) groups excluding carboxylic acids is 1. The monoisotopic (exact) mass is 369 g/mol. The van der Waals surface area contributed by atoms with E-state index in [0.717, 1.165) is 43.7 Å². The fourth-order valence-corrected chi connectivity index (χ4v) is 2.92. The molecule has 1 heterocycles. The van der Waals surface area contributed by atoms with Gasteiger partial charge in [0.25, 0.3) is 5.91 Å². The number of nitrogens with zero attached hydrogens (tertiary/aromatic N) is 4. The molecule has 1 amide bonds. The predicted molar refractivity (Wildman–Crippen MR) is 112 cm³/mol. The standard InChI is InChI=1S/C21H31N5O/c1-6-9-14-25(5)20(27)19-12-13-22-21(24-19)23-18-11-10-17(15-16(18)4)26(7-2)8-3/h10-13,15H,6-9,14H2,1-5H3,(H,22,23,24). The summed E-state index contributed by atoms with van der Waals surface area (Å²) in [7, 11) is 1.81. The molecule has 27 heavy (non-hydrogen) atoms. The number of anilines is 3. The van der Waals surface area contributed by atoms with Crippen LogP contribution in [0.2, 0.25) is 0 Å². The van der Waals surface area contributed by atoms with Gasteiger partial charge in [-0.1, -0.05) is 13.3 Å². The number of aryl methyl sites for hydroxylation is 1. The van der Waals surface area contributed by atoms with Gasteiger partial charge in [0.05, 0.1) is 0 Å². The number of unbranched alkanes of at least 4 members (excludes halogenated alkanes) is 1. The molecule has 0 aliphatic heterocycles. The van der Waals surface area contributed by atoms with Crippen LogP contribution >= 0.6 is 0 Å². The van der Waals surface area contributed by atoms with Crippen molar-refractivity contribution in [3.8, 4) is 0 Å². The van der Waals surface area contributed by atoms with Crippen molar-refractivity contribution < 1.29 is 4.79 Å². The van der Waals surface area contributed by atoms with Gasteiger partial charge in [-0.3, -0.25) is 4.79 Å². The number of benzene rings is 1. The lowest BCUT2D eigenvalue weighted by molar-refractivity contribution is 0.0787. The van der Waals surface area contributed by atoms with E-state index in [1.807, 2.05) is 13.1 Å². The lowest BCUT2D eigenvalue weighted by Gasteiger charge is -2.22. The second-order valence-electron chi connectivity index (χ2n) is 6.64. The Bertz CT molecular complexity index is 758. The second-order valence-corrected chi connectivity index (χ2v) is 6.64. The Morgan fingerprint density at radius 2 is 1.89 bits per heavy atom. The van der Waals surface area contributed by atoms with Gasteiger partial charge in [-0.25, -0.2) is 9.97 Å². The highest BCUT2D eigenvalue weighted by Crippen LogP contribution is 2.24. The van der Waals surface area contributed by atoms with Crippen LogP contribution in [-0.2, 0) is 0 Å². The van der Waals surface area contributed by atoms with Gasteiger partial charge in [0.15, 0.2) is 0 Å². The first kappa shape index (κ1) is 20.7. The number of rotatable bonds is 9. The molecule has 0 atom stereocenters. The van der Waals surface area contributed by atoms with Crippen LogP contribution in [0.5, 0.6) is 0 Å². The highest BCUT2D eigenvalue weighted by atomic mass is 16.2. The molecule has 0 unspecified atom stereocenters. The number of aromatic nitrogens is 2. The minimum absolute atomic E-state index is 0.0810. The summed E-state index contributed by atoms with van der Waals surface area (Å²) in [6.07, 6.45) is 3.66. The normalized spacial score (nSPS) is 10.6. The summed E-state index contributed by atoms with van der Waals surface area (Å²) >= 11 is 0. The molecular weight excluding hydrogens is 338 g/mol. The third kappa shape index (κ3) is 5.42. The van der Waals surface area contributed by atoms with Crippen LogP contribution in [0.4, 0.5) is 17.3 Å². The average molecular weight is 370 g/mol. The molecule has 6 heteroatoms. The molecule has 2 rings (SSSR count). The SMILES string of the molecule is CCCCN(C)C(=O)c1ccnc(Nc2ccc(N(CC)CC)cc2C)n1. The maximum atomic E-state index is 12.5. The summed E-state index contributed by atoms with van der Waals surface area (Å²) in [6, 6.07) is 7.94. The van der Waals surface area contributed by atoms with Gasteiger partial charge in [-0.15, -0.1) is 0 Å². The van der Waals surface area contributed by atoms with Crippen LogP contribution in [0.15, 0.2) is 30.5 Å². The van der Waals surface area contributed by atoms with Crippen LogP contribution in [0, 0.1) is 6.92 Å². The Labute approximate surface area is 162 Å². The number of amides is 1. The molecule has 0 radical (unpaired) electrons. The Morgan fingerprint density at radius 1 is 1.15 bits per heavy atom. The van der Waals surface area contributed by atoms with Crippen molar-refractivity contribution in [3.05, 3.63) is 41.7 Å². The van der Waals surface area contributed by atoms with Crippen molar-refractivity contribution in [1.29, 1.82) is 0 Å². The van der Waals surface area contributed by atoms with Gasteiger partial charge < -0.3 is 15.1 Å². The van der Waals surface area contributed by atoms with Crippen LogP contribution in [-0.4, -0.2) is 47.5 Å². The smallest absolute Gasteiger partial charge is 0.272 e. The number of hydrogen-bond acceptors (Lipinski definition) is 5. The maximum absolute atomic E-state index is 12.5. The first-order valence-corrected chi connectivity index (χ1v) is 9.71. The van der Waals surface area contributed by atoms with E-state index in [2.05, 4.69) is 60.0 Å². The predicted octanol–water partition coefficient (Wildman–Crippen LogP) is 4.25. The molecule has 0 aliphatic carbocycles. The van der Waals surface area contributed by atoms with E-state index in [9.17, 15) is 4.79 Å². The van der Waals surface area contributed by atoms with Crippen LogP contribution < -0.4 is 10.2 Å². The van der Waals surface area contributed by atoms with Gasteiger partial charge >= 0.3 is 0 Å². The highest BCUT2D eigenvalue weighted by molar-refractivity contribution is 5.92. The molecule has 1 aromatic carbocycles. The third-order valence-corrected chi connectivity index (χ3v) is 4.65. The first-order chi connectivity index (χ1) is 13.0. The quantitative estimate of drug-likeness (QED) is 0.716. The maximum Gasteiger partial charge on any atom is 0.272 e. The Hall–Kier alpha value is -2.63. The average Bonchev–Trinajstić information content (AvgIpc) is 2.68. The van der Waals surface area contributed by atoms with E-state index in [-0.39, 0.29) is 5.91 Å². The van der Waals surface area contributed by atoms with Gasteiger partial charge in [0, 0.05) is 44.3 Å². The van der Waals surface area contributed by atoms with E-state index < -0.39 is 0 Å². The van der Waals surface area contributed by atoms with Crippen molar-refractivity contribution in [2.24, 2.45) is 0 Å². The molecule has 0 saturated carbocycles. The number of hydrogen-bond donors (Lipinski definition) is 1. The number of nitrogens with one attached hydrogen (secondary N) is 1. The molecule has 6 nitrogen and oxygen atoms in total. The molecule has 1 N–H and O–H groups in total. The van der Waals surface area contributed by atoms with Crippen molar-refractivity contribution in [1.82, 2.24) is 14.9 Å². The van der Waals surface area contributed by atoms with Gasteiger partial charge in [0.1, 0.15) is 5.69 Å². The summed E-state index contributed by atoms with van der Waals surface area (Å²) in [5.41, 5.74) is 3.66. The summed E-state index contributed by atoms with van der Waals surface area (Å²) in [6.45, 7) is 11.1. The van der Waals surface area contributed by atoms with Crippen LogP contribution in [0.1, 0.15) is 49.7 Å². The zero-order chi connectivity index (χ0) is 19.8. The van der Waals surface area contributed by atoms with Crippen LogP contribution in [0.25, 0.3) is 0 Å². The molecule has 146 valence electrons. The second kappa shape index (κ2) is 9.90. The van der Waals surface area contributed by atoms with E-state index >= 15 is 0 Å². The molecule has 2 aromatic rings. The first-order valence-electron chi connectivity index (χ1n) is 9.71. The molecule has 1 aromatic heterocycles. The van der Waals surface area contributed by atoms with Crippen molar-refractivity contribution in [2.75, 3.05) is 36.9 Å². The van der Waals surface area contributed by atoms with E-state index in [1.165, 1.54) is 5.69 Å². The van der Waals surface area contributed by atoms with Gasteiger partial charge in [-0.05, 0) is 57.0 Å². The topological polar surface area (TPSA) is 61.4 Å². The van der Waals surface area contributed by atoms with E-state index in [1.54, 1.807) is 17.2 Å². The molecule has 0 saturated heterocycles. The Morgan fingerprint density at radius 3 is 2.52 bits per heavy atom. The van der Waals surface area contributed by atoms with Crippen molar-refractivity contribution >= 4 is 23.2 Å². The minimum Gasteiger partial charge on any atom is -0.372 e. The lowest BCUT2D eigenvalue weighted by atomic mass is 10.1. The van der Waals surface area contributed by atoms with Crippen LogP contribution in [0.3, 0.4) is 0 Å². The fraction of sp³-hybridized carbons (Fsp3) is 0.476. The van der Waals surface area contributed by atoms with E-state index in [0.29, 0.717) is 11.6 Å². The van der Waals surface area contributed by atoms with Crippen molar-refractivity contribution in [3.63, 3.8) is 0 Å². The fourth-order valence-electron chi connectivity index (χ4n) is 2.92. The zero-order valence-electron chi connectivity index (χ0n) is 17.1. The molecule has 0 aliphatic rings. The lowest BCUT2D eigenvalue weighted by Crippen LogP contribution is -2.28. The molecular formula is C21H31N5O. The van der Waals surface area contributed by atoms with E-state index in [4.69, 9.17) is 0 Å². The summed E-state index contributed by atoms with van der Waals surface area (Å²) in [5.74, 6) is 0.353. The van der Waals surface area contributed by atoms with Crippen molar-refractivity contribution in [2.45, 2.75) is 40.5 Å². The summed E-state index contributed by atoms with van der Waals surface area (Å²) in [4.78, 5) is 25.2. The minimum atomic E-state index is -0.0810. The largest absolute Gasteiger partial charge is 0.372 e. The Balaban J connectivity index is 2.15. The number of carbonyl (C=O) groups is 1. The zero-order valence-corrected chi connectivity index (χ0v) is 17.1. The van der Waals surface area contributed by atoms with Gasteiger partial charge in [0.2, 0.25) is 5.95 Å². The molecule has 0 spiro atoms. The summed E-state index contributed by atoms with van der Waals surface area (Å²) < 4.78 is 0. The molecule has 0 bridgehead atoms. The molecule has 0 fully saturated rings.